The van der Waals surface area contributed by atoms with E-state index in [2.05, 4.69) is 223 Å². The molecule has 0 spiro atoms. The predicted octanol–water partition coefficient (Wildman–Crippen LogP) is 16.7. The smallest absolute Gasteiger partial charge is 0.136 e. The number of hydrogen-bond donors (Lipinski definition) is 0. The third-order valence-electron chi connectivity index (χ3n) is 12.2. The van der Waals surface area contributed by atoms with Gasteiger partial charge in [-0.2, -0.15) is 0 Å². The molecule has 0 aliphatic carbocycles. The first kappa shape index (κ1) is 34.1. The number of hydrogen-bond acceptors (Lipinski definition) is 2. The third kappa shape index (κ3) is 5.57. The van der Waals surface area contributed by atoms with Crippen LogP contribution in [0.2, 0.25) is 0 Å². The van der Waals surface area contributed by atoms with Gasteiger partial charge in [-0.05, 0) is 126 Å². The van der Waals surface area contributed by atoms with Gasteiger partial charge in [0, 0.05) is 33.2 Å². The highest BCUT2D eigenvalue weighted by molar-refractivity contribution is 6.36. The van der Waals surface area contributed by atoms with Gasteiger partial charge in [-0.1, -0.05) is 170 Å². The van der Waals surface area contributed by atoms with Crippen LogP contribution in [0.3, 0.4) is 0 Å². The molecule has 0 atom stereocenters. The Balaban J connectivity index is 0.972. The average Bonchev–Trinajstić information content (AvgIpc) is 3.71. The van der Waals surface area contributed by atoms with Gasteiger partial charge in [-0.3, -0.25) is 0 Å². The summed E-state index contributed by atoms with van der Waals surface area (Å²) in [5.74, 6) is 0. The van der Waals surface area contributed by atoms with Crippen molar-refractivity contribution in [1.29, 1.82) is 0 Å². The van der Waals surface area contributed by atoms with Gasteiger partial charge in [0.25, 0.3) is 0 Å². The van der Waals surface area contributed by atoms with Crippen LogP contribution in [0.1, 0.15) is 0 Å². The fourth-order valence-electron chi connectivity index (χ4n) is 9.39. The fourth-order valence-corrected chi connectivity index (χ4v) is 9.39. The summed E-state index contributed by atoms with van der Waals surface area (Å²) < 4.78 is 6.37. The zero-order valence-corrected chi connectivity index (χ0v) is 32.7. The van der Waals surface area contributed by atoms with Gasteiger partial charge in [0.1, 0.15) is 11.2 Å². The van der Waals surface area contributed by atoms with Crippen LogP contribution in [-0.4, -0.2) is 0 Å². The van der Waals surface area contributed by atoms with Crippen LogP contribution in [0.25, 0.3) is 98.4 Å². The molecule has 0 bridgehead atoms. The van der Waals surface area contributed by atoms with E-state index >= 15 is 0 Å². The summed E-state index contributed by atoms with van der Waals surface area (Å²) in [5, 5.41) is 12.2. The molecule has 0 aliphatic rings. The Hall–Kier alpha value is -7.94. The number of rotatable bonds is 6. The Morgan fingerprint density at radius 3 is 1.47 bits per heavy atom. The molecule has 2 nitrogen and oxygen atoms in total. The number of anilines is 3. The van der Waals surface area contributed by atoms with E-state index < -0.39 is 0 Å². The van der Waals surface area contributed by atoms with Gasteiger partial charge >= 0.3 is 0 Å². The molecule has 1 heterocycles. The maximum atomic E-state index is 6.37. The van der Waals surface area contributed by atoms with Crippen molar-refractivity contribution in [3.8, 4) is 33.4 Å². The molecule has 0 unspecified atom stereocenters. The summed E-state index contributed by atoms with van der Waals surface area (Å²) >= 11 is 0. The monoisotopic (exact) mass is 763 g/mol. The third-order valence-corrected chi connectivity index (χ3v) is 12.2. The lowest BCUT2D eigenvalue weighted by Gasteiger charge is -2.26. The quantitative estimate of drug-likeness (QED) is 0.157. The van der Waals surface area contributed by atoms with Crippen LogP contribution >= 0.6 is 0 Å². The molecular weight excluding hydrogens is 727 g/mol. The Labute approximate surface area is 347 Å². The van der Waals surface area contributed by atoms with E-state index in [-0.39, 0.29) is 0 Å². The standard InChI is InChI=1S/C58H37NO/c1-2-11-38(12-3-1)40-21-23-41(24-22-40)42-25-30-45(31-26-42)59(47-34-27-39-13-4-5-14-44(39)37-47)46-32-28-43(29-33-46)48-18-10-19-50-52-35-36-55-58(53-17-8-9-20-54(53)60-55)57(52)51-16-7-6-15-49(51)56(48)50/h1-37H. The molecule has 0 radical (unpaired) electrons. The molecule has 280 valence electrons. The topological polar surface area (TPSA) is 16.4 Å². The molecule has 0 fully saturated rings. The minimum absolute atomic E-state index is 0.917. The van der Waals surface area contributed by atoms with E-state index in [4.69, 9.17) is 4.42 Å². The average molecular weight is 764 g/mol. The lowest BCUT2D eigenvalue weighted by molar-refractivity contribution is 0.669. The number of furan rings is 1. The van der Waals surface area contributed by atoms with Gasteiger partial charge in [-0.25, -0.2) is 0 Å². The minimum atomic E-state index is 0.917. The Morgan fingerprint density at radius 2 is 0.767 bits per heavy atom. The lowest BCUT2D eigenvalue weighted by Crippen LogP contribution is -2.09. The predicted molar refractivity (Wildman–Crippen MR) is 255 cm³/mol. The molecule has 0 aliphatic heterocycles. The van der Waals surface area contributed by atoms with Crippen molar-refractivity contribution in [1.82, 2.24) is 0 Å². The summed E-state index contributed by atoms with van der Waals surface area (Å²) in [7, 11) is 0. The van der Waals surface area contributed by atoms with Crippen LogP contribution in [0.4, 0.5) is 17.1 Å². The second kappa shape index (κ2) is 13.9. The molecule has 1 aromatic heterocycles. The van der Waals surface area contributed by atoms with E-state index in [0.29, 0.717) is 0 Å². The van der Waals surface area contributed by atoms with Crippen molar-refractivity contribution in [2.75, 3.05) is 4.90 Å². The number of para-hydroxylation sites is 1. The SMILES string of the molecule is c1ccc(-c2ccc(-c3ccc(N(c4ccc(-c5cccc6c7ccc8oc9ccccc9c8c7c7ccccc7c56)cc4)c4ccc5ccccc5c4)cc3)cc2)cc1. The number of fused-ring (bicyclic) bond motifs is 11. The molecule has 12 rings (SSSR count). The largest absolute Gasteiger partial charge is 0.456 e. The molecule has 2 heteroatoms. The van der Waals surface area contributed by atoms with Gasteiger partial charge in [0.15, 0.2) is 0 Å². The van der Waals surface area contributed by atoms with Crippen molar-refractivity contribution in [3.05, 3.63) is 224 Å². The van der Waals surface area contributed by atoms with E-state index in [0.717, 1.165) is 33.6 Å². The van der Waals surface area contributed by atoms with Gasteiger partial charge < -0.3 is 9.32 Å². The zero-order valence-electron chi connectivity index (χ0n) is 32.7. The maximum absolute atomic E-state index is 6.37. The van der Waals surface area contributed by atoms with Crippen molar-refractivity contribution < 1.29 is 4.42 Å². The van der Waals surface area contributed by atoms with Crippen LogP contribution in [-0.2, 0) is 0 Å². The Bertz CT molecular complexity index is 3540. The summed E-state index contributed by atoms with van der Waals surface area (Å²) in [6.07, 6.45) is 0. The molecule has 0 saturated carbocycles. The molecule has 0 saturated heterocycles. The van der Waals surface area contributed by atoms with Crippen molar-refractivity contribution in [2.24, 2.45) is 0 Å². The van der Waals surface area contributed by atoms with Crippen molar-refractivity contribution in [2.45, 2.75) is 0 Å². The van der Waals surface area contributed by atoms with Crippen molar-refractivity contribution in [3.63, 3.8) is 0 Å². The molecule has 12 aromatic rings. The fraction of sp³-hybridized carbons (Fsp3) is 0. The second-order valence-electron chi connectivity index (χ2n) is 15.6. The van der Waals surface area contributed by atoms with Crippen LogP contribution in [0.5, 0.6) is 0 Å². The van der Waals surface area contributed by atoms with Gasteiger partial charge in [0.2, 0.25) is 0 Å². The number of nitrogens with zero attached hydrogens (tertiary/aromatic N) is 1. The molecule has 0 N–H and O–H groups in total. The van der Waals surface area contributed by atoms with Gasteiger partial charge in [-0.15, -0.1) is 0 Å². The second-order valence-corrected chi connectivity index (χ2v) is 15.6. The van der Waals surface area contributed by atoms with Crippen LogP contribution in [0, 0.1) is 0 Å². The Morgan fingerprint density at radius 1 is 0.267 bits per heavy atom. The molecular formula is C58H37NO. The minimum Gasteiger partial charge on any atom is -0.456 e. The van der Waals surface area contributed by atoms with Crippen LogP contribution < -0.4 is 4.90 Å². The first-order valence-electron chi connectivity index (χ1n) is 20.6. The van der Waals surface area contributed by atoms with E-state index in [9.17, 15) is 0 Å². The van der Waals surface area contributed by atoms with E-state index in [1.54, 1.807) is 0 Å². The summed E-state index contributed by atoms with van der Waals surface area (Å²) in [6.45, 7) is 0. The first-order valence-corrected chi connectivity index (χ1v) is 20.6. The Kier molecular flexibility index (Phi) is 7.89. The summed E-state index contributed by atoms with van der Waals surface area (Å²) in [5.41, 5.74) is 12.4. The summed E-state index contributed by atoms with van der Waals surface area (Å²) in [4.78, 5) is 2.37. The maximum Gasteiger partial charge on any atom is 0.136 e. The van der Waals surface area contributed by atoms with E-state index in [1.165, 1.54) is 81.9 Å². The number of benzene rings is 11. The molecule has 11 aromatic carbocycles. The highest BCUT2D eigenvalue weighted by Gasteiger charge is 2.19. The molecule has 0 amide bonds. The highest BCUT2D eigenvalue weighted by Crippen LogP contribution is 2.46. The highest BCUT2D eigenvalue weighted by atomic mass is 16.3. The van der Waals surface area contributed by atoms with E-state index in [1.807, 2.05) is 6.07 Å². The molecule has 60 heavy (non-hydrogen) atoms. The normalized spacial score (nSPS) is 11.7. The van der Waals surface area contributed by atoms with Crippen LogP contribution in [0.15, 0.2) is 229 Å². The summed E-state index contributed by atoms with van der Waals surface area (Å²) in [6, 6.07) is 81.2. The van der Waals surface area contributed by atoms with Crippen molar-refractivity contribution >= 4 is 82.1 Å². The zero-order chi connectivity index (χ0) is 39.6. The van der Waals surface area contributed by atoms with Gasteiger partial charge in [0.05, 0.1) is 0 Å². The first-order chi connectivity index (χ1) is 29.7. The lowest BCUT2D eigenvalue weighted by atomic mass is 9.88.